The first kappa shape index (κ1) is 13.9. The maximum atomic E-state index is 13.1. The number of rotatable bonds is 6. The van der Waals surface area contributed by atoms with Crippen molar-refractivity contribution in [2.45, 2.75) is 0 Å². The maximum absolute atomic E-state index is 13.1. The molecule has 2 N–H and O–H groups in total. The van der Waals surface area contributed by atoms with Crippen LogP contribution in [0.3, 0.4) is 0 Å². The topological polar surface area (TPSA) is 50.4 Å². The summed E-state index contributed by atoms with van der Waals surface area (Å²) in [5.41, 5.74) is 0.380. The molecule has 0 atom stereocenters. The molecule has 1 amide bonds. The minimum Gasteiger partial charge on any atom is -0.383 e. The van der Waals surface area contributed by atoms with Crippen LogP contribution in [0.15, 0.2) is 18.2 Å². The molecule has 0 aliphatic heterocycles. The van der Waals surface area contributed by atoms with Crippen molar-refractivity contribution in [3.8, 4) is 0 Å². The van der Waals surface area contributed by atoms with Crippen molar-refractivity contribution in [1.82, 2.24) is 5.32 Å². The molecule has 0 bridgehead atoms. The summed E-state index contributed by atoms with van der Waals surface area (Å²) < 4.78 is 17.9. The van der Waals surface area contributed by atoms with Gasteiger partial charge in [-0.1, -0.05) is 11.6 Å². The number of nitrogens with one attached hydrogen (secondary N) is 2. The van der Waals surface area contributed by atoms with E-state index in [1.807, 2.05) is 0 Å². The maximum Gasteiger partial charge on any atom is 0.238 e. The van der Waals surface area contributed by atoms with Gasteiger partial charge in [0.15, 0.2) is 0 Å². The third-order valence-corrected chi connectivity index (χ3v) is 2.28. The van der Waals surface area contributed by atoms with Gasteiger partial charge in [0.05, 0.1) is 18.2 Å². The molecule has 1 rings (SSSR count). The molecule has 4 nitrogen and oxygen atoms in total. The largest absolute Gasteiger partial charge is 0.383 e. The smallest absolute Gasteiger partial charge is 0.238 e. The molecule has 0 saturated carbocycles. The zero-order valence-corrected chi connectivity index (χ0v) is 10.2. The molecule has 0 spiro atoms. The Hall–Kier alpha value is -1.17. The molecule has 1 aromatic rings. The second kappa shape index (κ2) is 7.21. The average molecular weight is 261 g/mol. The van der Waals surface area contributed by atoms with Crippen LogP contribution in [0, 0.1) is 5.82 Å². The Labute approximate surface area is 104 Å². The van der Waals surface area contributed by atoms with Crippen molar-refractivity contribution >= 4 is 23.2 Å². The highest BCUT2D eigenvalue weighted by Gasteiger charge is 2.04. The number of hydrogen-bond donors (Lipinski definition) is 2. The predicted octanol–water partition coefficient (Wildman–Crippen LogP) is 1.65. The van der Waals surface area contributed by atoms with Crippen molar-refractivity contribution in [2.75, 3.05) is 32.1 Å². The molecular weight excluding hydrogens is 247 g/mol. The molecule has 0 unspecified atom stereocenters. The fourth-order valence-corrected chi connectivity index (χ4v) is 1.27. The molecule has 6 heteroatoms. The van der Waals surface area contributed by atoms with Gasteiger partial charge >= 0.3 is 0 Å². The van der Waals surface area contributed by atoms with Gasteiger partial charge in [-0.3, -0.25) is 4.79 Å². The third kappa shape index (κ3) is 5.12. The van der Waals surface area contributed by atoms with E-state index in [2.05, 4.69) is 10.6 Å². The first-order chi connectivity index (χ1) is 8.13. The number of benzene rings is 1. The Morgan fingerprint density at radius 3 is 2.94 bits per heavy atom. The molecule has 17 heavy (non-hydrogen) atoms. The predicted molar refractivity (Wildman–Crippen MR) is 64.8 cm³/mol. The van der Waals surface area contributed by atoms with Crippen molar-refractivity contribution in [1.29, 1.82) is 0 Å². The lowest BCUT2D eigenvalue weighted by Crippen LogP contribution is -2.30. The summed E-state index contributed by atoms with van der Waals surface area (Å²) in [6, 6.07) is 4.11. The van der Waals surface area contributed by atoms with Gasteiger partial charge in [0.1, 0.15) is 5.82 Å². The third-order valence-electron chi connectivity index (χ3n) is 1.97. The Balaban J connectivity index is 2.37. The first-order valence-electron chi connectivity index (χ1n) is 5.08. The summed E-state index contributed by atoms with van der Waals surface area (Å²) >= 11 is 5.52. The van der Waals surface area contributed by atoms with Crippen molar-refractivity contribution in [3.05, 3.63) is 29.0 Å². The van der Waals surface area contributed by atoms with Gasteiger partial charge in [-0.2, -0.15) is 0 Å². The highest BCUT2D eigenvalue weighted by Crippen LogP contribution is 2.18. The quantitative estimate of drug-likeness (QED) is 0.765. The Bertz CT molecular complexity index is 388. The summed E-state index contributed by atoms with van der Waals surface area (Å²) in [4.78, 5) is 11.4. The van der Waals surface area contributed by atoms with Crippen LogP contribution < -0.4 is 10.6 Å². The van der Waals surface area contributed by atoms with E-state index in [4.69, 9.17) is 16.3 Å². The van der Waals surface area contributed by atoms with E-state index in [0.717, 1.165) is 0 Å². The van der Waals surface area contributed by atoms with Gasteiger partial charge in [0, 0.05) is 19.3 Å². The number of carbonyl (C=O) groups is 1. The second-order valence-electron chi connectivity index (χ2n) is 3.35. The van der Waals surface area contributed by atoms with Crippen LogP contribution >= 0.6 is 11.6 Å². The number of ether oxygens (including phenoxy) is 1. The molecule has 1 aromatic carbocycles. The van der Waals surface area contributed by atoms with E-state index in [0.29, 0.717) is 18.8 Å². The van der Waals surface area contributed by atoms with Crippen molar-refractivity contribution in [3.63, 3.8) is 0 Å². The number of anilines is 1. The van der Waals surface area contributed by atoms with Crippen molar-refractivity contribution in [2.24, 2.45) is 0 Å². The van der Waals surface area contributed by atoms with E-state index in [1.54, 1.807) is 13.2 Å². The van der Waals surface area contributed by atoms with E-state index in [9.17, 15) is 9.18 Å². The number of amides is 1. The van der Waals surface area contributed by atoms with Crippen LogP contribution in [0.2, 0.25) is 5.02 Å². The minimum absolute atomic E-state index is 0.0289. The van der Waals surface area contributed by atoms with Crippen LogP contribution in [0.4, 0.5) is 10.1 Å². The lowest BCUT2D eigenvalue weighted by Gasteiger charge is -2.06. The molecule has 0 saturated heterocycles. The average Bonchev–Trinajstić information content (AvgIpc) is 2.30. The van der Waals surface area contributed by atoms with E-state index in [-0.39, 0.29) is 17.5 Å². The highest BCUT2D eigenvalue weighted by molar-refractivity contribution is 6.30. The number of methoxy groups -OCH3 is 1. The second-order valence-corrected chi connectivity index (χ2v) is 3.75. The first-order valence-corrected chi connectivity index (χ1v) is 5.46. The Morgan fingerprint density at radius 2 is 2.29 bits per heavy atom. The van der Waals surface area contributed by atoms with Crippen LogP contribution in [-0.4, -0.2) is 32.7 Å². The lowest BCUT2D eigenvalue weighted by molar-refractivity contribution is -0.115. The van der Waals surface area contributed by atoms with Gasteiger partial charge in [0.25, 0.3) is 0 Å². The van der Waals surface area contributed by atoms with Crippen LogP contribution in [-0.2, 0) is 9.53 Å². The number of carbonyl (C=O) groups excluding carboxylic acids is 1. The van der Waals surface area contributed by atoms with Crippen molar-refractivity contribution < 1.29 is 13.9 Å². The number of halogens is 2. The Kier molecular flexibility index (Phi) is 5.90. The minimum atomic E-state index is -0.559. The summed E-state index contributed by atoms with van der Waals surface area (Å²) in [5.74, 6) is -0.806. The molecule has 0 fully saturated rings. The monoisotopic (exact) mass is 260 g/mol. The fourth-order valence-electron chi connectivity index (χ4n) is 1.16. The number of hydrogen-bond acceptors (Lipinski definition) is 3. The van der Waals surface area contributed by atoms with Crippen LogP contribution in [0.25, 0.3) is 0 Å². The summed E-state index contributed by atoms with van der Waals surface area (Å²) in [6.07, 6.45) is 0. The fraction of sp³-hybridized carbons (Fsp3) is 0.364. The van der Waals surface area contributed by atoms with E-state index in [1.165, 1.54) is 12.1 Å². The standard InChI is InChI=1S/C11H14ClFN2O2/c1-17-5-4-14-7-11(16)15-8-2-3-9(12)10(13)6-8/h2-3,6,14H,4-5,7H2,1H3,(H,15,16). The summed E-state index contributed by atoms with van der Waals surface area (Å²) in [5, 5.41) is 5.45. The molecular formula is C11H14ClFN2O2. The molecule has 0 aliphatic carbocycles. The lowest BCUT2D eigenvalue weighted by atomic mass is 10.3. The normalized spacial score (nSPS) is 10.3. The molecule has 94 valence electrons. The van der Waals surface area contributed by atoms with Crippen LogP contribution in [0.1, 0.15) is 0 Å². The Morgan fingerprint density at radius 1 is 1.53 bits per heavy atom. The molecule has 0 aromatic heterocycles. The van der Waals surface area contributed by atoms with Gasteiger partial charge in [-0.15, -0.1) is 0 Å². The molecule has 0 radical (unpaired) electrons. The van der Waals surface area contributed by atoms with Gasteiger partial charge < -0.3 is 15.4 Å². The van der Waals surface area contributed by atoms with E-state index < -0.39 is 5.82 Å². The summed E-state index contributed by atoms with van der Waals surface area (Å²) in [6.45, 7) is 1.26. The molecule has 0 heterocycles. The van der Waals surface area contributed by atoms with Crippen LogP contribution in [0.5, 0.6) is 0 Å². The zero-order chi connectivity index (χ0) is 12.7. The van der Waals surface area contributed by atoms with E-state index >= 15 is 0 Å². The highest BCUT2D eigenvalue weighted by atomic mass is 35.5. The van der Waals surface area contributed by atoms with Gasteiger partial charge in [0.2, 0.25) is 5.91 Å². The summed E-state index contributed by atoms with van der Waals surface area (Å²) in [7, 11) is 1.58. The van der Waals surface area contributed by atoms with Gasteiger partial charge in [-0.25, -0.2) is 4.39 Å². The molecule has 0 aliphatic rings. The SMILES string of the molecule is COCCNCC(=O)Nc1ccc(Cl)c(F)c1. The zero-order valence-electron chi connectivity index (χ0n) is 9.43. The van der Waals surface area contributed by atoms with Gasteiger partial charge in [-0.05, 0) is 18.2 Å².